The van der Waals surface area contributed by atoms with Crippen LogP contribution in [-0.4, -0.2) is 37.8 Å². The first kappa shape index (κ1) is 16.3. The van der Waals surface area contributed by atoms with Crippen LogP contribution in [0, 0.1) is 11.8 Å². The van der Waals surface area contributed by atoms with Gasteiger partial charge < -0.3 is 10.6 Å². The van der Waals surface area contributed by atoms with Crippen LogP contribution in [0.2, 0.25) is 0 Å². The smallest absolute Gasteiger partial charge is 0.332 e. The second-order valence-corrected chi connectivity index (χ2v) is 6.15. The van der Waals surface area contributed by atoms with Crippen molar-refractivity contribution in [2.75, 3.05) is 18.0 Å². The summed E-state index contributed by atoms with van der Waals surface area (Å²) >= 11 is 0. The summed E-state index contributed by atoms with van der Waals surface area (Å²) in [6.45, 7) is 3.60. The Morgan fingerprint density at radius 2 is 2.04 bits per heavy atom. The van der Waals surface area contributed by atoms with E-state index in [-0.39, 0.29) is 17.3 Å². The normalized spacial score (nSPS) is 17.8. The molecule has 8 heteroatoms. The van der Waals surface area contributed by atoms with Gasteiger partial charge in [-0.3, -0.25) is 18.5 Å². The summed E-state index contributed by atoms with van der Waals surface area (Å²) in [7, 11) is 3.10. The van der Waals surface area contributed by atoms with Gasteiger partial charge in [-0.1, -0.05) is 5.92 Å². The molecule has 1 unspecified atom stereocenters. The Bertz CT molecular complexity index is 955. The lowest BCUT2D eigenvalue weighted by Gasteiger charge is -2.31. The Labute approximate surface area is 139 Å². The number of fused-ring (bicyclic) bond motifs is 1. The lowest BCUT2D eigenvalue weighted by atomic mass is 10.1. The molecule has 0 aromatic carbocycles. The monoisotopic (exact) mass is 330 g/mol. The molecule has 0 amide bonds. The third kappa shape index (κ3) is 2.51. The average molecular weight is 330 g/mol. The van der Waals surface area contributed by atoms with Crippen LogP contribution < -0.4 is 21.9 Å². The molecule has 1 aliphatic rings. The molecule has 2 N–H and O–H groups in total. The number of imidazole rings is 1. The second kappa shape index (κ2) is 6.17. The van der Waals surface area contributed by atoms with E-state index < -0.39 is 0 Å². The number of rotatable bonds is 2. The molecule has 1 aliphatic heterocycles. The highest BCUT2D eigenvalue weighted by Gasteiger charge is 2.25. The zero-order valence-corrected chi connectivity index (χ0v) is 14.2. The van der Waals surface area contributed by atoms with Crippen molar-refractivity contribution in [3.05, 3.63) is 20.8 Å². The molecule has 0 radical (unpaired) electrons. The third-order valence-corrected chi connectivity index (χ3v) is 4.48. The summed E-state index contributed by atoms with van der Waals surface area (Å²) in [6, 6.07) is 0.0796. The van der Waals surface area contributed by atoms with E-state index >= 15 is 0 Å². The van der Waals surface area contributed by atoms with E-state index in [2.05, 4.69) is 21.7 Å². The molecule has 2 aromatic heterocycles. The fraction of sp³-hybridized carbons (Fsp3) is 0.562. The van der Waals surface area contributed by atoms with Gasteiger partial charge >= 0.3 is 5.69 Å². The summed E-state index contributed by atoms with van der Waals surface area (Å²) in [5.74, 6) is 6.50. The molecule has 0 aliphatic carbocycles. The molecule has 1 fully saturated rings. The number of nitrogens with two attached hydrogens (primary N) is 1. The molecule has 0 bridgehead atoms. The van der Waals surface area contributed by atoms with Crippen LogP contribution in [0.25, 0.3) is 11.2 Å². The third-order valence-electron chi connectivity index (χ3n) is 4.48. The van der Waals surface area contributed by atoms with E-state index in [4.69, 9.17) is 5.73 Å². The molecule has 0 saturated carbocycles. The van der Waals surface area contributed by atoms with Crippen LogP contribution in [-0.2, 0) is 20.6 Å². The van der Waals surface area contributed by atoms with Crippen LogP contribution in [0.15, 0.2) is 9.59 Å². The van der Waals surface area contributed by atoms with Gasteiger partial charge in [0.05, 0.1) is 6.54 Å². The molecule has 24 heavy (non-hydrogen) atoms. The first-order valence-electron chi connectivity index (χ1n) is 8.02. The van der Waals surface area contributed by atoms with Gasteiger partial charge in [0.25, 0.3) is 5.56 Å². The molecule has 0 spiro atoms. The van der Waals surface area contributed by atoms with Crippen LogP contribution in [0.1, 0.15) is 19.8 Å². The minimum absolute atomic E-state index is 0.0796. The predicted molar refractivity (Wildman–Crippen MR) is 93.1 cm³/mol. The molecule has 1 atom stereocenters. The number of nitrogens with zero attached hydrogens (tertiary/aromatic N) is 5. The summed E-state index contributed by atoms with van der Waals surface area (Å²) in [6.07, 6.45) is 1.95. The van der Waals surface area contributed by atoms with Crippen molar-refractivity contribution >= 4 is 17.1 Å². The minimum atomic E-state index is -0.388. The van der Waals surface area contributed by atoms with Gasteiger partial charge in [-0.25, -0.2) is 4.79 Å². The Balaban J connectivity index is 2.30. The molecule has 8 nitrogen and oxygen atoms in total. The Hall–Kier alpha value is -2.53. The van der Waals surface area contributed by atoms with Crippen LogP contribution >= 0.6 is 0 Å². The first-order valence-corrected chi connectivity index (χ1v) is 8.02. The van der Waals surface area contributed by atoms with Crippen molar-refractivity contribution in [2.24, 2.45) is 19.8 Å². The average Bonchev–Trinajstić information content (AvgIpc) is 2.95. The quantitative estimate of drug-likeness (QED) is 0.742. The van der Waals surface area contributed by atoms with Gasteiger partial charge in [0.1, 0.15) is 0 Å². The lowest BCUT2D eigenvalue weighted by Crippen LogP contribution is -2.44. The van der Waals surface area contributed by atoms with E-state index in [1.54, 1.807) is 18.5 Å². The van der Waals surface area contributed by atoms with Crippen LogP contribution in [0.3, 0.4) is 0 Å². The van der Waals surface area contributed by atoms with E-state index in [0.29, 0.717) is 30.2 Å². The van der Waals surface area contributed by atoms with Crippen molar-refractivity contribution in [3.8, 4) is 11.8 Å². The van der Waals surface area contributed by atoms with Crippen molar-refractivity contribution in [2.45, 2.75) is 32.4 Å². The summed E-state index contributed by atoms with van der Waals surface area (Å²) in [5.41, 5.74) is 6.13. The van der Waals surface area contributed by atoms with Gasteiger partial charge in [-0.15, -0.1) is 5.92 Å². The SMILES string of the molecule is CC#CCn1c(N2CCCC(N)C2)nc2c1c(=O)n(C)c(=O)n2C. The summed E-state index contributed by atoms with van der Waals surface area (Å²) in [5, 5.41) is 0. The highest BCUT2D eigenvalue weighted by atomic mass is 16.2. The second-order valence-electron chi connectivity index (χ2n) is 6.15. The number of anilines is 1. The highest BCUT2D eigenvalue weighted by molar-refractivity contribution is 5.74. The maximum atomic E-state index is 12.6. The Kier molecular flexibility index (Phi) is 4.20. The standard InChI is InChI=1S/C16H22N6O2/c1-4-5-9-22-12-13(19(2)16(24)20(3)14(12)23)18-15(22)21-8-6-7-11(17)10-21/h11H,6-10,17H2,1-3H3. The van der Waals surface area contributed by atoms with Crippen LogP contribution in [0.4, 0.5) is 5.95 Å². The molecule has 1 saturated heterocycles. The molecular formula is C16H22N6O2. The van der Waals surface area contributed by atoms with Gasteiger partial charge in [0.15, 0.2) is 11.2 Å². The summed E-state index contributed by atoms with van der Waals surface area (Å²) < 4.78 is 4.30. The maximum Gasteiger partial charge on any atom is 0.332 e. The molecule has 128 valence electrons. The largest absolute Gasteiger partial charge is 0.341 e. The Morgan fingerprint density at radius 1 is 1.29 bits per heavy atom. The van der Waals surface area contributed by atoms with Gasteiger partial charge in [-0.05, 0) is 19.8 Å². The topological polar surface area (TPSA) is 91.1 Å². The number of piperidine rings is 1. The zero-order chi connectivity index (χ0) is 17.4. The fourth-order valence-electron chi connectivity index (χ4n) is 3.18. The highest BCUT2D eigenvalue weighted by Crippen LogP contribution is 2.22. The van der Waals surface area contributed by atoms with Crippen LogP contribution in [0.5, 0.6) is 0 Å². The van der Waals surface area contributed by atoms with Gasteiger partial charge in [-0.2, -0.15) is 4.98 Å². The van der Waals surface area contributed by atoms with Crippen molar-refractivity contribution in [1.82, 2.24) is 18.7 Å². The van der Waals surface area contributed by atoms with Crippen molar-refractivity contribution in [3.63, 3.8) is 0 Å². The van der Waals surface area contributed by atoms with E-state index in [9.17, 15) is 9.59 Å². The lowest BCUT2D eigenvalue weighted by molar-refractivity contribution is 0.496. The molecule has 3 rings (SSSR count). The number of aryl methyl sites for hydroxylation is 1. The maximum absolute atomic E-state index is 12.6. The van der Waals surface area contributed by atoms with E-state index in [1.165, 1.54) is 11.6 Å². The minimum Gasteiger partial charge on any atom is -0.341 e. The molecule has 3 heterocycles. The predicted octanol–water partition coefficient (Wildman–Crippen LogP) is -0.615. The zero-order valence-electron chi connectivity index (χ0n) is 14.2. The van der Waals surface area contributed by atoms with Crippen molar-refractivity contribution < 1.29 is 0 Å². The van der Waals surface area contributed by atoms with Crippen molar-refractivity contribution in [1.29, 1.82) is 0 Å². The number of aromatic nitrogens is 4. The summed E-state index contributed by atoms with van der Waals surface area (Å²) in [4.78, 5) is 31.5. The molecule has 2 aromatic rings. The van der Waals surface area contributed by atoms with Gasteiger partial charge in [0, 0.05) is 33.2 Å². The Morgan fingerprint density at radius 3 is 2.71 bits per heavy atom. The van der Waals surface area contributed by atoms with E-state index in [1.807, 2.05) is 0 Å². The van der Waals surface area contributed by atoms with E-state index in [0.717, 1.165) is 24.0 Å². The van der Waals surface area contributed by atoms with Gasteiger partial charge in [0.2, 0.25) is 5.95 Å². The molecular weight excluding hydrogens is 308 g/mol. The number of hydrogen-bond donors (Lipinski definition) is 1. The first-order chi connectivity index (χ1) is 11.5. The fourth-order valence-corrected chi connectivity index (χ4v) is 3.18. The number of hydrogen-bond acceptors (Lipinski definition) is 5.